The number of anilines is 1. The summed E-state index contributed by atoms with van der Waals surface area (Å²) in [6.45, 7) is 4.79. The number of amides is 1. The highest BCUT2D eigenvalue weighted by atomic mass is 16.5. The zero-order chi connectivity index (χ0) is 17.1. The molecule has 0 radical (unpaired) electrons. The quantitative estimate of drug-likeness (QED) is 0.587. The van der Waals surface area contributed by atoms with E-state index in [1.165, 1.54) is 7.11 Å². The number of benzene rings is 1. The number of hydrogen-bond acceptors (Lipinski definition) is 4. The van der Waals surface area contributed by atoms with E-state index in [1.54, 1.807) is 4.90 Å². The fourth-order valence-electron chi connectivity index (χ4n) is 4.70. The minimum atomic E-state index is -0.756. The van der Waals surface area contributed by atoms with Crippen LogP contribution in [-0.4, -0.2) is 24.7 Å². The maximum atomic E-state index is 13.4. The van der Waals surface area contributed by atoms with E-state index in [9.17, 15) is 9.59 Å². The predicted octanol–water partition coefficient (Wildman–Crippen LogP) is 2.88. The van der Waals surface area contributed by atoms with Crippen LogP contribution in [0.3, 0.4) is 0 Å². The third kappa shape index (κ3) is 1.97. The van der Waals surface area contributed by atoms with Gasteiger partial charge in [-0.15, -0.1) is 0 Å². The lowest BCUT2D eigenvalue weighted by atomic mass is 9.58. The van der Waals surface area contributed by atoms with Crippen LogP contribution in [0.15, 0.2) is 24.3 Å². The first-order chi connectivity index (χ1) is 11.4. The average Bonchev–Trinajstić information content (AvgIpc) is 2.58. The van der Waals surface area contributed by atoms with Gasteiger partial charge in [0.1, 0.15) is 11.6 Å². The summed E-state index contributed by atoms with van der Waals surface area (Å²) in [7, 11) is 1.36. The van der Waals surface area contributed by atoms with E-state index in [-0.39, 0.29) is 17.2 Å². The molecule has 2 heterocycles. The van der Waals surface area contributed by atoms with Gasteiger partial charge in [0.15, 0.2) is 0 Å². The van der Waals surface area contributed by atoms with Gasteiger partial charge in [0, 0.05) is 12.0 Å². The largest absolute Gasteiger partial charge is 0.468 e. The summed E-state index contributed by atoms with van der Waals surface area (Å²) < 4.78 is 11.2. The molecule has 1 saturated carbocycles. The van der Waals surface area contributed by atoms with E-state index in [0.29, 0.717) is 13.0 Å². The number of para-hydroxylation sites is 1. The lowest BCUT2D eigenvalue weighted by Gasteiger charge is -2.60. The van der Waals surface area contributed by atoms with Crippen molar-refractivity contribution in [2.45, 2.75) is 45.4 Å². The number of nitrogens with zero attached hydrogens (tertiary/aromatic N) is 1. The second-order valence-electron chi connectivity index (χ2n) is 7.84. The standard InChI is InChI=1S/C19H23NO4/c1-18(2)8-9-19-10-13(18)15(17(22)23-3)16(21)20(19)14-7-5-4-6-12(14)11-24-19/h4-7,13,15H,8-11H2,1-3H3/t13-,15+,19-/m0/s1. The zero-order valence-corrected chi connectivity index (χ0v) is 14.4. The van der Waals surface area contributed by atoms with E-state index in [0.717, 1.165) is 24.1 Å². The molecule has 1 spiro atoms. The molecule has 2 aliphatic heterocycles. The fraction of sp³-hybridized carbons (Fsp3) is 0.579. The maximum Gasteiger partial charge on any atom is 0.318 e. The van der Waals surface area contributed by atoms with Crippen molar-refractivity contribution in [1.29, 1.82) is 0 Å². The lowest BCUT2D eigenvalue weighted by molar-refractivity contribution is -0.182. The van der Waals surface area contributed by atoms with Gasteiger partial charge in [-0.3, -0.25) is 14.5 Å². The minimum absolute atomic E-state index is 0.0623. The van der Waals surface area contributed by atoms with E-state index >= 15 is 0 Å². The second-order valence-corrected chi connectivity index (χ2v) is 7.84. The van der Waals surface area contributed by atoms with Crippen LogP contribution in [0.25, 0.3) is 0 Å². The van der Waals surface area contributed by atoms with Crippen molar-refractivity contribution in [2.75, 3.05) is 12.0 Å². The first-order valence-corrected chi connectivity index (χ1v) is 8.53. The summed E-state index contributed by atoms with van der Waals surface area (Å²) in [5.41, 5.74) is 1.16. The molecular formula is C19H23NO4. The van der Waals surface area contributed by atoms with Crippen molar-refractivity contribution in [3.05, 3.63) is 29.8 Å². The number of esters is 1. The number of fused-ring (bicyclic) bond motifs is 3. The van der Waals surface area contributed by atoms with Gasteiger partial charge in [-0.05, 0) is 30.2 Å². The normalized spacial score (nSPS) is 33.5. The van der Waals surface area contributed by atoms with Crippen molar-refractivity contribution in [2.24, 2.45) is 17.3 Å². The van der Waals surface area contributed by atoms with Crippen molar-refractivity contribution in [1.82, 2.24) is 0 Å². The Balaban J connectivity index is 1.86. The monoisotopic (exact) mass is 329 g/mol. The van der Waals surface area contributed by atoms with E-state index in [2.05, 4.69) is 13.8 Å². The summed E-state index contributed by atoms with van der Waals surface area (Å²) in [5, 5.41) is 0. The number of ether oxygens (including phenoxy) is 2. The Bertz CT molecular complexity index is 713. The Morgan fingerprint density at radius 3 is 2.79 bits per heavy atom. The predicted molar refractivity (Wildman–Crippen MR) is 88.1 cm³/mol. The molecule has 0 unspecified atom stereocenters. The Morgan fingerprint density at radius 1 is 1.29 bits per heavy atom. The Labute approximate surface area is 141 Å². The molecular weight excluding hydrogens is 306 g/mol. The van der Waals surface area contributed by atoms with Crippen molar-refractivity contribution in [3.8, 4) is 0 Å². The van der Waals surface area contributed by atoms with Crippen LogP contribution in [0.4, 0.5) is 5.69 Å². The topological polar surface area (TPSA) is 55.8 Å². The summed E-state index contributed by atoms with van der Waals surface area (Å²) in [5.74, 6) is -1.43. The van der Waals surface area contributed by atoms with Gasteiger partial charge in [-0.2, -0.15) is 0 Å². The molecule has 24 heavy (non-hydrogen) atoms. The van der Waals surface area contributed by atoms with E-state index < -0.39 is 17.6 Å². The molecule has 1 aromatic carbocycles. The Hall–Kier alpha value is -1.88. The van der Waals surface area contributed by atoms with Gasteiger partial charge in [-0.25, -0.2) is 0 Å². The van der Waals surface area contributed by atoms with Gasteiger partial charge < -0.3 is 9.47 Å². The summed E-state index contributed by atoms with van der Waals surface area (Å²) in [6, 6.07) is 7.80. The third-order valence-corrected chi connectivity index (χ3v) is 6.18. The first-order valence-electron chi connectivity index (χ1n) is 8.53. The molecule has 0 aromatic heterocycles. The lowest BCUT2D eigenvalue weighted by Crippen LogP contribution is -2.68. The van der Waals surface area contributed by atoms with E-state index in [4.69, 9.17) is 9.47 Å². The summed E-state index contributed by atoms with van der Waals surface area (Å²) >= 11 is 0. The average molecular weight is 329 g/mol. The molecule has 2 bridgehead atoms. The number of hydrogen-bond donors (Lipinski definition) is 0. The fourth-order valence-corrected chi connectivity index (χ4v) is 4.70. The van der Waals surface area contributed by atoms with Gasteiger partial charge in [-0.1, -0.05) is 32.0 Å². The number of carbonyl (C=O) groups is 2. The van der Waals surface area contributed by atoms with Gasteiger partial charge >= 0.3 is 5.97 Å². The third-order valence-electron chi connectivity index (χ3n) is 6.18. The van der Waals surface area contributed by atoms with Crippen LogP contribution < -0.4 is 4.90 Å². The number of rotatable bonds is 1. The van der Waals surface area contributed by atoms with Crippen LogP contribution in [-0.2, 0) is 25.7 Å². The number of piperidine rings is 1. The first kappa shape index (κ1) is 15.6. The Kier molecular flexibility index (Phi) is 3.29. The molecule has 1 aromatic rings. The number of methoxy groups -OCH3 is 1. The zero-order valence-electron chi connectivity index (χ0n) is 14.4. The van der Waals surface area contributed by atoms with Crippen molar-refractivity contribution < 1.29 is 19.1 Å². The van der Waals surface area contributed by atoms with Crippen molar-refractivity contribution >= 4 is 17.6 Å². The summed E-state index contributed by atoms with van der Waals surface area (Å²) in [6.07, 6.45) is 2.39. The molecule has 4 rings (SSSR count). The SMILES string of the molecule is COC(=O)[C@H]1C(=O)N2c3ccccc3CO[C@]23CCC(C)(C)[C@H]1C3. The molecule has 3 aliphatic rings. The van der Waals surface area contributed by atoms with Gasteiger partial charge in [0.25, 0.3) is 0 Å². The number of carbonyl (C=O) groups excluding carboxylic acids is 2. The molecule has 5 nitrogen and oxygen atoms in total. The van der Waals surface area contributed by atoms with Crippen LogP contribution >= 0.6 is 0 Å². The van der Waals surface area contributed by atoms with Crippen LogP contribution in [0.2, 0.25) is 0 Å². The van der Waals surface area contributed by atoms with Crippen LogP contribution in [0.1, 0.15) is 38.7 Å². The Morgan fingerprint density at radius 2 is 2.04 bits per heavy atom. The molecule has 5 heteroatoms. The molecule has 1 saturated heterocycles. The van der Waals surface area contributed by atoms with Gasteiger partial charge in [0.2, 0.25) is 5.91 Å². The van der Waals surface area contributed by atoms with Gasteiger partial charge in [0.05, 0.1) is 19.4 Å². The molecule has 0 N–H and O–H groups in total. The van der Waals surface area contributed by atoms with Crippen LogP contribution in [0.5, 0.6) is 0 Å². The summed E-state index contributed by atoms with van der Waals surface area (Å²) in [4.78, 5) is 27.6. The van der Waals surface area contributed by atoms with Crippen molar-refractivity contribution in [3.63, 3.8) is 0 Å². The molecule has 128 valence electrons. The highest BCUT2D eigenvalue weighted by Gasteiger charge is 2.62. The minimum Gasteiger partial charge on any atom is -0.468 e. The molecule has 1 aliphatic carbocycles. The van der Waals surface area contributed by atoms with E-state index in [1.807, 2.05) is 24.3 Å². The second kappa shape index (κ2) is 5.06. The highest BCUT2D eigenvalue weighted by molar-refractivity contribution is 6.08. The molecule has 2 fully saturated rings. The maximum absolute atomic E-state index is 13.4. The smallest absolute Gasteiger partial charge is 0.318 e. The molecule has 3 atom stereocenters. The highest BCUT2D eigenvalue weighted by Crippen LogP contribution is 2.57. The molecule has 1 amide bonds. The van der Waals surface area contributed by atoms with Crippen LogP contribution in [0, 0.1) is 17.3 Å².